The molecule has 1 aliphatic rings. The second-order valence-electron chi connectivity index (χ2n) is 7.35. The minimum absolute atomic E-state index is 0.0219. The van der Waals surface area contributed by atoms with Gasteiger partial charge >= 0.3 is 0 Å². The van der Waals surface area contributed by atoms with Gasteiger partial charge in [0.2, 0.25) is 0 Å². The lowest BCUT2D eigenvalue weighted by atomic mass is 10.0. The molecule has 1 amide bonds. The van der Waals surface area contributed by atoms with Crippen molar-refractivity contribution >= 4 is 11.6 Å². The Hall–Kier alpha value is -2.29. The molecule has 0 aliphatic carbocycles. The lowest BCUT2D eigenvalue weighted by Crippen LogP contribution is -2.43. The molecule has 0 saturated heterocycles. The summed E-state index contributed by atoms with van der Waals surface area (Å²) in [5.74, 6) is 1.19. The van der Waals surface area contributed by atoms with E-state index in [1.54, 1.807) is 0 Å². The van der Waals surface area contributed by atoms with Crippen LogP contribution in [0.2, 0.25) is 0 Å². The zero-order chi connectivity index (χ0) is 18.1. The number of amides is 1. The number of benzene rings is 2. The van der Waals surface area contributed by atoms with E-state index in [9.17, 15) is 4.79 Å². The normalized spacial score (nSPS) is 17.5. The van der Waals surface area contributed by atoms with E-state index in [0.717, 1.165) is 29.0 Å². The lowest BCUT2D eigenvalue weighted by Gasteiger charge is -2.27. The third-order valence-corrected chi connectivity index (χ3v) is 4.89. The fraction of sp³-hybridized carbons (Fsp3) is 0.409. The predicted molar refractivity (Wildman–Crippen MR) is 102 cm³/mol. The Balaban J connectivity index is 1.84. The summed E-state index contributed by atoms with van der Waals surface area (Å²) in [4.78, 5) is 15.0. The van der Waals surface area contributed by atoms with Crippen molar-refractivity contribution in [2.45, 2.75) is 59.1 Å². The van der Waals surface area contributed by atoms with Gasteiger partial charge in [0, 0.05) is 11.7 Å². The van der Waals surface area contributed by atoms with Gasteiger partial charge in [-0.15, -0.1) is 0 Å². The van der Waals surface area contributed by atoms with Crippen molar-refractivity contribution in [1.82, 2.24) is 0 Å². The van der Waals surface area contributed by atoms with E-state index in [0.29, 0.717) is 5.92 Å². The second kappa shape index (κ2) is 6.91. The topological polar surface area (TPSA) is 29.5 Å². The van der Waals surface area contributed by atoms with Crippen LogP contribution in [0.5, 0.6) is 5.75 Å². The number of para-hydroxylation sites is 1. The fourth-order valence-electron chi connectivity index (χ4n) is 3.56. The van der Waals surface area contributed by atoms with E-state index < -0.39 is 6.10 Å². The highest BCUT2D eigenvalue weighted by Gasteiger charge is 2.34. The van der Waals surface area contributed by atoms with Crippen LogP contribution in [0.1, 0.15) is 50.3 Å². The first-order valence-corrected chi connectivity index (χ1v) is 9.06. The summed E-state index contributed by atoms with van der Waals surface area (Å²) >= 11 is 0. The molecule has 0 radical (unpaired) electrons. The molecule has 3 nitrogen and oxygen atoms in total. The van der Waals surface area contributed by atoms with E-state index in [-0.39, 0.29) is 11.9 Å². The first-order chi connectivity index (χ1) is 11.9. The van der Waals surface area contributed by atoms with Crippen LogP contribution in [-0.4, -0.2) is 18.1 Å². The average Bonchev–Trinajstić information content (AvgIpc) is 2.89. The standard InChI is InChI=1S/C22H27NO2/c1-14(2)19-11-10-15(3)12-21(19)25-17(5)22(24)23-16(4)13-18-8-6-7-9-20(18)23/h6-12,14,16-17H,13H2,1-5H3/t16-,17-/m0/s1. The molecule has 0 fully saturated rings. The molecule has 1 heterocycles. The van der Waals surface area contributed by atoms with Crippen LogP contribution in [-0.2, 0) is 11.2 Å². The van der Waals surface area contributed by atoms with Crippen LogP contribution in [0.4, 0.5) is 5.69 Å². The Labute approximate surface area is 150 Å². The van der Waals surface area contributed by atoms with Crippen molar-refractivity contribution in [2.24, 2.45) is 0 Å². The number of hydrogen-bond acceptors (Lipinski definition) is 2. The van der Waals surface area contributed by atoms with Crippen molar-refractivity contribution in [3.63, 3.8) is 0 Å². The number of rotatable bonds is 4. The Bertz CT molecular complexity index is 781. The number of fused-ring (bicyclic) bond motifs is 1. The van der Waals surface area contributed by atoms with Gasteiger partial charge in [-0.3, -0.25) is 4.79 Å². The van der Waals surface area contributed by atoms with Crippen LogP contribution in [0, 0.1) is 6.92 Å². The predicted octanol–water partition coefficient (Wildman–Crippen LogP) is 4.86. The van der Waals surface area contributed by atoms with Crippen molar-refractivity contribution in [3.8, 4) is 5.75 Å². The molecule has 0 unspecified atom stereocenters. The van der Waals surface area contributed by atoms with Crippen LogP contribution in [0.25, 0.3) is 0 Å². The monoisotopic (exact) mass is 337 g/mol. The Morgan fingerprint density at radius 3 is 2.60 bits per heavy atom. The molecular formula is C22H27NO2. The highest BCUT2D eigenvalue weighted by atomic mass is 16.5. The molecule has 0 N–H and O–H groups in total. The minimum Gasteiger partial charge on any atom is -0.481 e. The maximum Gasteiger partial charge on any atom is 0.268 e. The summed E-state index contributed by atoms with van der Waals surface area (Å²) < 4.78 is 6.13. The third-order valence-electron chi connectivity index (χ3n) is 4.89. The Morgan fingerprint density at radius 2 is 1.88 bits per heavy atom. The maximum atomic E-state index is 13.1. The molecule has 1 aliphatic heterocycles. The van der Waals surface area contributed by atoms with E-state index in [2.05, 4.69) is 39.0 Å². The summed E-state index contributed by atoms with van der Waals surface area (Å²) in [6, 6.07) is 14.5. The second-order valence-corrected chi connectivity index (χ2v) is 7.35. The highest BCUT2D eigenvalue weighted by molar-refractivity contribution is 5.99. The van der Waals surface area contributed by atoms with Crippen LogP contribution < -0.4 is 9.64 Å². The quantitative estimate of drug-likeness (QED) is 0.797. The molecule has 0 bridgehead atoms. The molecule has 0 saturated carbocycles. The van der Waals surface area contributed by atoms with Gasteiger partial charge < -0.3 is 9.64 Å². The zero-order valence-electron chi connectivity index (χ0n) is 15.7. The number of ether oxygens (including phenoxy) is 1. The number of carbonyl (C=O) groups is 1. The fourth-order valence-corrected chi connectivity index (χ4v) is 3.56. The van der Waals surface area contributed by atoms with Crippen molar-refractivity contribution in [2.75, 3.05) is 4.90 Å². The number of hydrogen-bond donors (Lipinski definition) is 0. The van der Waals surface area contributed by atoms with Gasteiger partial charge in [0.25, 0.3) is 5.91 Å². The molecular weight excluding hydrogens is 310 g/mol. The first kappa shape index (κ1) is 17.5. The summed E-state index contributed by atoms with van der Waals surface area (Å²) in [5.41, 5.74) is 4.52. The van der Waals surface area contributed by atoms with Gasteiger partial charge in [0.05, 0.1) is 0 Å². The summed E-state index contributed by atoms with van der Waals surface area (Å²) in [7, 11) is 0. The van der Waals surface area contributed by atoms with Gasteiger partial charge in [0.15, 0.2) is 6.10 Å². The third kappa shape index (κ3) is 3.41. The number of aryl methyl sites for hydroxylation is 1. The van der Waals surface area contributed by atoms with E-state index in [1.165, 1.54) is 5.56 Å². The minimum atomic E-state index is -0.520. The summed E-state index contributed by atoms with van der Waals surface area (Å²) in [5, 5.41) is 0. The van der Waals surface area contributed by atoms with E-state index in [4.69, 9.17) is 4.74 Å². The number of nitrogens with zero attached hydrogens (tertiary/aromatic N) is 1. The average molecular weight is 337 g/mol. The largest absolute Gasteiger partial charge is 0.481 e. The zero-order valence-corrected chi connectivity index (χ0v) is 15.7. The first-order valence-electron chi connectivity index (χ1n) is 9.06. The van der Waals surface area contributed by atoms with Crippen molar-refractivity contribution in [1.29, 1.82) is 0 Å². The molecule has 2 aromatic carbocycles. The van der Waals surface area contributed by atoms with Gasteiger partial charge in [-0.25, -0.2) is 0 Å². The molecule has 0 spiro atoms. The van der Waals surface area contributed by atoms with Gasteiger partial charge in [-0.1, -0.05) is 44.2 Å². The van der Waals surface area contributed by atoms with Gasteiger partial charge in [-0.2, -0.15) is 0 Å². The Morgan fingerprint density at radius 1 is 1.16 bits per heavy atom. The van der Waals surface area contributed by atoms with Crippen LogP contribution >= 0.6 is 0 Å². The molecule has 3 heteroatoms. The van der Waals surface area contributed by atoms with Gasteiger partial charge in [-0.05, 0) is 61.9 Å². The van der Waals surface area contributed by atoms with Crippen LogP contribution in [0.3, 0.4) is 0 Å². The Kier molecular flexibility index (Phi) is 4.85. The molecule has 2 aromatic rings. The summed E-state index contributed by atoms with van der Waals surface area (Å²) in [6.45, 7) is 10.3. The molecule has 25 heavy (non-hydrogen) atoms. The van der Waals surface area contributed by atoms with E-state index >= 15 is 0 Å². The molecule has 132 valence electrons. The smallest absolute Gasteiger partial charge is 0.268 e. The van der Waals surface area contributed by atoms with Crippen molar-refractivity contribution < 1.29 is 9.53 Å². The number of carbonyl (C=O) groups excluding carboxylic acids is 1. The number of anilines is 1. The lowest BCUT2D eigenvalue weighted by molar-refractivity contribution is -0.124. The SMILES string of the molecule is Cc1ccc(C(C)C)c(O[C@@H](C)C(=O)N2c3ccccc3C[C@@H]2C)c1. The molecule has 0 aromatic heterocycles. The molecule has 3 rings (SSSR count). The maximum absolute atomic E-state index is 13.1. The highest BCUT2D eigenvalue weighted by Crippen LogP contribution is 2.33. The van der Waals surface area contributed by atoms with E-state index in [1.807, 2.05) is 43.0 Å². The van der Waals surface area contributed by atoms with Crippen molar-refractivity contribution in [3.05, 3.63) is 59.2 Å². The van der Waals surface area contributed by atoms with Crippen LogP contribution in [0.15, 0.2) is 42.5 Å². The molecule has 2 atom stereocenters. The summed E-state index contributed by atoms with van der Waals surface area (Å²) in [6.07, 6.45) is 0.379. The van der Waals surface area contributed by atoms with Gasteiger partial charge in [0.1, 0.15) is 5.75 Å².